The van der Waals surface area contributed by atoms with Gasteiger partial charge in [-0.3, -0.25) is 4.79 Å². The fourth-order valence-corrected chi connectivity index (χ4v) is 2.23. The van der Waals surface area contributed by atoms with Crippen molar-refractivity contribution in [3.8, 4) is 0 Å². The summed E-state index contributed by atoms with van der Waals surface area (Å²) in [5, 5.41) is 0.214. The quantitative estimate of drug-likeness (QED) is 0.812. The molecule has 0 aliphatic heterocycles. The van der Waals surface area contributed by atoms with Crippen molar-refractivity contribution < 1.29 is 0 Å². The summed E-state index contributed by atoms with van der Waals surface area (Å²) in [5.41, 5.74) is -0.252. The van der Waals surface area contributed by atoms with Gasteiger partial charge in [0.2, 0.25) is 0 Å². The first-order chi connectivity index (χ1) is 7.60. The zero-order chi connectivity index (χ0) is 12.1. The van der Waals surface area contributed by atoms with Crippen LogP contribution in [-0.2, 0) is 0 Å². The number of rotatable bonds is 5. The molecule has 1 rings (SSSR count). The van der Waals surface area contributed by atoms with Crippen LogP contribution in [0.5, 0.6) is 0 Å². The molecule has 0 aliphatic carbocycles. The first-order valence-corrected chi connectivity index (χ1v) is 6.29. The van der Waals surface area contributed by atoms with Crippen LogP contribution in [-0.4, -0.2) is 9.55 Å². The van der Waals surface area contributed by atoms with Crippen LogP contribution in [0.3, 0.4) is 0 Å². The summed E-state index contributed by atoms with van der Waals surface area (Å²) >= 11 is 11.5. The third-order valence-corrected chi connectivity index (χ3v) is 2.93. The summed E-state index contributed by atoms with van der Waals surface area (Å²) in [6.45, 7) is 4.19. The summed E-state index contributed by atoms with van der Waals surface area (Å²) in [6.07, 6.45) is 5.52. The zero-order valence-electron chi connectivity index (χ0n) is 9.54. The predicted molar refractivity (Wildman–Crippen MR) is 67.4 cm³/mol. The summed E-state index contributed by atoms with van der Waals surface area (Å²) in [6, 6.07) is 0.167. The minimum absolute atomic E-state index is 0.0512. The van der Waals surface area contributed by atoms with Gasteiger partial charge in [-0.05, 0) is 12.8 Å². The normalized spacial score (nSPS) is 11.1. The SMILES string of the molecule is CCCC(CCC)n1cc(Cl)nc(Cl)c1=O. The molecule has 0 N–H and O–H groups in total. The van der Waals surface area contributed by atoms with Crippen molar-refractivity contribution in [3.05, 3.63) is 26.9 Å². The van der Waals surface area contributed by atoms with Gasteiger partial charge in [-0.15, -0.1) is 0 Å². The van der Waals surface area contributed by atoms with Crippen LogP contribution in [0.4, 0.5) is 0 Å². The highest BCUT2D eigenvalue weighted by atomic mass is 35.5. The molecule has 1 aromatic heterocycles. The Kier molecular flexibility index (Phi) is 5.29. The van der Waals surface area contributed by atoms with Gasteiger partial charge in [0.15, 0.2) is 5.15 Å². The van der Waals surface area contributed by atoms with E-state index in [1.54, 1.807) is 10.8 Å². The molecule has 0 aromatic carbocycles. The first kappa shape index (κ1) is 13.5. The summed E-state index contributed by atoms with van der Waals surface area (Å²) in [7, 11) is 0. The minimum atomic E-state index is -0.252. The van der Waals surface area contributed by atoms with Crippen LogP contribution in [0.2, 0.25) is 10.3 Å². The van der Waals surface area contributed by atoms with Crippen molar-refractivity contribution in [2.75, 3.05) is 0 Å². The second-order valence-electron chi connectivity index (χ2n) is 3.80. The van der Waals surface area contributed by atoms with Gasteiger partial charge < -0.3 is 4.57 Å². The molecular weight excluding hydrogens is 247 g/mol. The number of hydrogen-bond donors (Lipinski definition) is 0. The van der Waals surface area contributed by atoms with Gasteiger partial charge in [0.1, 0.15) is 5.15 Å². The molecular formula is C11H16Cl2N2O. The third kappa shape index (κ3) is 3.22. The van der Waals surface area contributed by atoms with Gasteiger partial charge in [-0.25, -0.2) is 4.98 Å². The van der Waals surface area contributed by atoms with Crippen molar-refractivity contribution in [1.29, 1.82) is 0 Å². The average Bonchev–Trinajstić information content (AvgIpc) is 2.23. The van der Waals surface area contributed by atoms with E-state index in [0.717, 1.165) is 25.7 Å². The molecule has 1 heterocycles. The Bertz CT molecular complexity index is 397. The largest absolute Gasteiger partial charge is 0.307 e. The van der Waals surface area contributed by atoms with E-state index in [-0.39, 0.29) is 21.9 Å². The number of aromatic nitrogens is 2. The fraction of sp³-hybridized carbons (Fsp3) is 0.636. The van der Waals surface area contributed by atoms with Gasteiger partial charge in [-0.2, -0.15) is 0 Å². The van der Waals surface area contributed by atoms with Crippen LogP contribution < -0.4 is 5.56 Å². The van der Waals surface area contributed by atoms with Gasteiger partial charge in [0, 0.05) is 12.2 Å². The zero-order valence-corrected chi connectivity index (χ0v) is 11.1. The fourth-order valence-electron chi connectivity index (χ4n) is 1.81. The number of nitrogens with zero attached hydrogens (tertiary/aromatic N) is 2. The Hall–Kier alpha value is -0.540. The Morgan fingerprint density at radius 2 is 1.88 bits per heavy atom. The maximum Gasteiger partial charge on any atom is 0.288 e. The van der Waals surface area contributed by atoms with Gasteiger partial charge >= 0.3 is 0 Å². The molecule has 16 heavy (non-hydrogen) atoms. The third-order valence-electron chi connectivity index (χ3n) is 2.50. The second kappa shape index (κ2) is 6.26. The van der Waals surface area contributed by atoms with Crippen molar-refractivity contribution in [2.45, 2.75) is 45.6 Å². The van der Waals surface area contributed by atoms with Crippen LogP contribution >= 0.6 is 23.2 Å². The van der Waals surface area contributed by atoms with Crippen molar-refractivity contribution >= 4 is 23.2 Å². The van der Waals surface area contributed by atoms with Crippen molar-refractivity contribution in [1.82, 2.24) is 9.55 Å². The summed E-state index contributed by atoms with van der Waals surface area (Å²) in [5.74, 6) is 0. The smallest absolute Gasteiger partial charge is 0.288 e. The van der Waals surface area contributed by atoms with Crippen LogP contribution in [0, 0.1) is 0 Å². The maximum absolute atomic E-state index is 11.8. The lowest BCUT2D eigenvalue weighted by molar-refractivity contribution is 0.414. The molecule has 0 atom stereocenters. The van der Waals surface area contributed by atoms with Crippen LogP contribution in [0.25, 0.3) is 0 Å². The Labute approximate surface area is 105 Å². The lowest BCUT2D eigenvalue weighted by atomic mass is 10.1. The van der Waals surface area contributed by atoms with Crippen LogP contribution in [0.1, 0.15) is 45.6 Å². The van der Waals surface area contributed by atoms with E-state index in [4.69, 9.17) is 23.2 Å². The van der Waals surface area contributed by atoms with Gasteiger partial charge in [0.05, 0.1) is 0 Å². The van der Waals surface area contributed by atoms with E-state index >= 15 is 0 Å². The monoisotopic (exact) mass is 262 g/mol. The molecule has 0 saturated heterocycles. The van der Waals surface area contributed by atoms with E-state index in [1.807, 2.05) is 0 Å². The summed E-state index contributed by atoms with van der Waals surface area (Å²) < 4.78 is 1.62. The molecule has 5 heteroatoms. The highest BCUT2D eigenvalue weighted by molar-refractivity contribution is 6.32. The topological polar surface area (TPSA) is 34.9 Å². The molecule has 0 bridgehead atoms. The molecule has 90 valence electrons. The molecule has 1 aromatic rings. The molecule has 0 radical (unpaired) electrons. The van der Waals surface area contributed by atoms with E-state index in [2.05, 4.69) is 18.8 Å². The Morgan fingerprint density at radius 1 is 1.31 bits per heavy atom. The van der Waals surface area contributed by atoms with E-state index < -0.39 is 0 Å². The number of hydrogen-bond acceptors (Lipinski definition) is 2. The predicted octanol–water partition coefficient (Wildman–Crippen LogP) is 3.69. The molecule has 0 amide bonds. The summed E-state index contributed by atoms with van der Waals surface area (Å²) in [4.78, 5) is 15.6. The van der Waals surface area contributed by atoms with E-state index in [9.17, 15) is 4.79 Å². The maximum atomic E-state index is 11.8. The first-order valence-electron chi connectivity index (χ1n) is 5.54. The average molecular weight is 263 g/mol. The van der Waals surface area contributed by atoms with Gasteiger partial charge in [0.25, 0.3) is 5.56 Å². The lowest BCUT2D eigenvalue weighted by Gasteiger charge is -2.18. The van der Waals surface area contributed by atoms with E-state index in [1.165, 1.54) is 0 Å². The molecule has 0 unspecified atom stereocenters. The van der Waals surface area contributed by atoms with Gasteiger partial charge in [-0.1, -0.05) is 49.9 Å². The minimum Gasteiger partial charge on any atom is -0.307 e. The van der Waals surface area contributed by atoms with E-state index in [0.29, 0.717) is 0 Å². The van der Waals surface area contributed by atoms with Crippen molar-refractivity contribution in [2.24, 2.45) is 0 Å². The molecule has 0 aliphatic rings. The highest BCUT2D eigenvalue weighted by Gasteiger charge is 2.14. The highest BCUT2D eigenvalue weighted by Crippen LogP contribution is 2.20. The molecule has 0 fully saturated rings. The lowest BCUT2D eigenvalue weighted by Crippen LogP contribution is -2.25. The standard InChI is InChI=1S/C11H16Cl2N2O/c1-3-5-8(6-4-2)15-7-9(12)14-10(13)11(15)16/h7-8H,3-6H2,1-2H3. The van der Waals surface area contributed by atoms with Crippen LogP contribution in [0.15, 0.2) is 11.0 Å². The second-order valence-corrected chi connectivity index (χ2v) is 4.54. The Balaban J connectivity index is 3.12. The Morgan fingerprint density at radius 3 is 2.38 bits per heavy atom. The number of halogens is 2. The molecule has 0 spiro atoms. The molecule has 3 nitrogen and oxygen atoms in total. The molecule has 0 saturated carbocycles. The van der Waals surface area contributed by atoms with Crippen molar-refractivity contribution in [3.63, 3.8) is 0 Å².